The Hall–Kier alpha value is -3.87. The van der Waals surface area contributed by atoms with Crippen molar-refractivity contribution in [2.24, 2.45) is 7.05 Å². The molecule has 1 N–H and O–H groups in total. The maximum absolute atomic E-state index is 12.8. The van der Waals surface area contributed by atoms with Gasteiger partial charge < -0.3 is 10.1 Å². The van der Waals surface area contributed by atoms with E-state index in [9.17, 15) is 14.4 Å². The summed E-state index contributed by atoms with van der Waals surface area (Å²) in [7, 11) is 1.73. The summed E-state index contributed by atoms with van der Waals surface area (Å²) in [6.07, 6.45) is 2.90. The van der Waals surface area contributed by atoms with Crippen molar-refractivity contribution in [1.82, 2.24) is 9.36 Å². The Labute approximate surface area is 186 Å². The quantitative estimate of drug-likeness (QED) is 0.454. The van der Waals surface area contributed by atoms with Crippen LogP contribution in [0.3, 0.4) is 0 Å². The number of nitrogens with zero attached hydrogens (tertiary/aromatic N) is 2. The Morgan fingerprint density at radius 3 is 2.34 bits per heavy atom. The molecule has 0 radical (unpaired) electrons. The van der Waals surface area contributed by atoms with Crippen molar-refractivity contribution in [3.8, 4) is 5.69 Å². The monoisotopic (exact) mass is 433 g/mol. The van der Waals surface area contributed by atoms with Gasteiger partial charge in [0, 0.05) is 13.1 Å². The Morgan fingerprint density at radius 1 is 1.06 bits per heavy atom. The molecule has 0 saturated carbocycles. The highest BCUT2D eigenvalue weighted by atomic mass is 16.5. The van der Waals surface area contributed by atoms with Crippen LogP contribution >= 0.6 is 0 Å². The summed E-state index contributed by atoms with van der Waals surface area (Å²) in [5.74, 6) is -0.791. The fourth-order valence-corrected chi connectivity index (χ4v) is 3.23. The molecule has 0 aliphatic rings. The Kier molecular flexibility index (Phi) is 7.10. The summed E-state index contributed by atoms with van der Waals surface area (Å²) in [6.45, 7) is 5.46. The highest BCUT2D eigenvalue weighted by Crippen LogP contribution is 2.16. The molecule has 166 valence electrons. The minimum absolute atomic E-state index is 0.151. The van der Waals surface area contributed by atoms with Crippen molar-refractivity contribution < 1.29 is 14.3 Å². The topological polar surface area (TPSA) is 82.3 Å². The van der Waals surface area contributed by atoms with E-state index in [0.717, 1.165) is 5.56 Å². The second kappa shape index (κ2) is 9.96. The molecule has 0 aliphatic carbocycles. The molecule has 0 bridgehead atoms. The van der Waals surface area contributed by atoms with Gasteiger partial charge in [-0.15, -0.1) is 0 Å². The van der Waals surface area contributed by atoms with Gasteiger partial charge >= 0.3 is 5.97 Å². The van der Waals surface area contributed by atoms with Crippen LogP contribution in [0.25, 0.3) is 11.8 Å². The molecule has 1 heterocycles. The second-order valence-corrected chi connectivity index (χ2v) is 7.75. The van der Waals surface area contributed by atoms with Crippen molar-refractivity contribution in [2.75, 3.05) is 11.9 Å². The number of para-hydroxylation sites is 1. The summed E-state index contributed by atoms with van der Waals surface area (Å²) >= 11 is 0. The number of amides is 1. The van der Waals surface area contributed by atoms with Crippen molar-refractivity contribution in [3.63, 3.8) is 0 Å². The number of hydrogen-bond donors (Lipinski definition) is 1. The van der Waals surface area contributed by atoms with Crippen LogP contribution in [0.15, 0.2) is 65.5 Å². The number of anilines is 1. The molecular weight excluding hydrogens is 406 g/mol. The second-order valence-electron chi connectivity index (χ2n) is 7.75. The van der Waals surface area contributed by atoms with E-state index in [1.807, 2.05) is 42.5 Å². The molecule has 0 unspecified atom stereocenters. The molecule has 0 atom stereocenters. The molecular formula is C25H27N3O4. The molecule has 32 heavy (non-hydrogen) atoms. The maximum Gasteiger partial charge on any atom is 0.331 e. The number of benzene rings is 2. The lowest BCUT2D eigenvalue weighted by Crippen LogP contribution is -2.25. The maximum atomic E-state index is 12.8. The standard InChI is InChI=1S/C25H27N3O4/c1-17(2)20-13-10-19(11-14-20)12-15-23(30)32-16-22(29)26-24-18(3)27(4)28(25(24)31)21-8-6-5-7-9-21/h5-15,17H,16H2,1-4H3,(H,26,29)/b15-12+. The van der Waals surface area contributed by atoms with Crippen LogP contribution in [0, 0.1) is 6.92 Å². The highest BCUT2D eigenvalue weighted by Gasteiger charge is 2.18. The van der Waals surface area contributed by atoms with Gasteiger partial charge in [0.05, 0.1) is 11.4 Å². The van der Waals surface area contributed by atoms with Gasteiger partial charge in [-0.1, -0.05) is 56.3 Å². The lowest BCUT2D eigenvalue weighted by atomic mass is 10.0. The SMILES string of the molecule is Cc1c(NC(=O)COC(=O)/C=C/c2ccc(C(C)C)cc2)c(=O)n(-c2ccccc2)n1C. The normalized spacial score (nSPS) is 11.2. The van der Waals surface area contributed by atoms with E-state index in [0.29, 0.717) is 17.3 Å². The van der Waals surface area contributed by atoms with Crippen LogP contribution in [0.4, 0.5) is 5.69 Å². The van der Waals surface area contributed by atoms with E-state index in [4.69, 9.17) is 4.74 Å². The third kappa shape index (κ3) is 5.24. The first kappa shape index (κ1) is 22.8. The lowest BCUT2D eigenvalue weighted by molar-refractivity contribution is -0.142. The van der Waals surface area contributed by atoms with E-state index in [2.05, 4.69) is 19.2 Å². The molecule has 1 amide bonds. The molecule has 0 fully saturated rings. The van der Waals surface area contributed by atoms with Crippen LogP contribution in [-0.4, -0.2) is 27.8 Å². The fraction of sp³-hybridized carbons (Fsp3) is 0.240. The van der Waals surface area contributed by atoms with E-state index < -0.39 is 18.5 Å². The summed E-state index contributed by atoms with van der Waals surface area (Å²) in [5, 5.41) is 2.56. The minimum atomic E-state index is -0.639. The van der Waals surface area contributed by atoms with E-state index >= 15 is 0 Å². The fourth-order valence-electron chi connectivity index (χ4n) is 3.23. The molecule has 2 aromatic carbocycles. The molecule has 7 nitrogen and oxygen atoms in total. The van der Waals surface area contributed by atoms with Gasteiger partial charge in [0.15, 0.2) is 6.61 Å². The average Bonchev–Trinajstić information content (AvgIpc) is 3.00. The van der Waals surface area contributed by atoms with E-state index in [1.165, 1.54) is 16.3 Å². The number of esters is 1. The third-order valence-corrected chi connectivity index (χ3v) is 5.18. The van der Waals surface area contributed by atoms with Gasteiger partial charge in [0.1, 0.15) is 5.69 Å². The van der Waals surface area contributed by atoms with Crippen LogP contribution in [0.5, 0.6) is 0 Å². The predicted octanol–water partition coefficient (Wildman–Crippen LogP) is 3.80. The predicted molar refractivity (Wildman–Crippen MR) is 125 cm³/mol. The molecule has 7 heteroatoms. The molecule has 3 rings (SSSR count). The highest BCUT2D eigenvalue weighted by molar-refractivity contribution is 5.95. The van der Waals surface area contributed by atoms with Gasteiger partial charge in [0.2, 0.25) is 0 Å². The van der Waals surface area contributed by atoms with Crippen molar-refractivity contribution >= 4 is 23.6 Å². The van der Waals surface area contributed by atoms with Crippen molar-refractivity contribution in [3.05, 3.63) is 87.8 Å². The zero-order chi connectivity index (χ0) is 23.3. The number of aromatic nitrogens is 2. The van der Waals surface area contributed by atoms with Gasteiger partial charge in [0.25, 0.3) is 11.5 Å². The summed E-state index contributed by atoms with van der Waals surface area (Å²) in [6, 6.07) is 17.0. The number of carbonyl (C=O) groups excluding carboxylic acids is 2. The Morgan fingerprint density at radius 2 is 1.72 bits per heavy atom. The minimum Gasteiger partial charge on any atom is -0.452 e. The van der Waals surface area contributed by atoms with E-state index in [1.54, 1.807) is 36.9 Å². The summed E-state index contributed by atoms with van der Waals surface area (Å²) in [4.78, 5) is 37.1. The van der Waals surface area contributed by atoms with Crippen LogP contribution in [0.2, 0.25) is 0 Å². The van der Waals surface area contributed by atoms with Crippen LogP contribution < -0.4 is 10.9 Å². The first-order valence-electron chi connectivity index (χ1n) is 10.4. The first-order chi connectivity index (χ1) is 15.3. The molecule has 0 saturated heterocycles. The van der Waals surface area contributed by atoms with Gasteiger partial charge in [-0.05, 0) is 42.2 Å². The Balaban J connectivity index is 1.60. The van der Waals surface area contributed by atoms with Gasteiger partial charge in [-0.3, -0.25) is 14.3 Å². The molecule has 3 aromatic rings. The number of ether oxygens (including phenoxy) is 1. The number of nitrogens with one attached hydrogen (secondary N) is 1. The van der Waals surface area contributed by atoms with Crippen molar-refractivity contribution in [2.45, 2.75) is 26.7 Å². The largest absolute Gasteiger partial charge is 0.452 e. The number of carbonyl (C=O) groups is 2. The molecule has 0 spiro atoms. The molecule has 0 aliphatic heterocycles. The van der Waals surface area contributed by atoms with Crippen molar-refractivity contribution in [1.29, 1.82) is 0 Å². The zero-order valence-corrected chi connectivity index (χ0v) is 18.7. The molecule has 1 aromatic heterocycles. The van der Waals surface area contributed by atoms with Crippen LogP contribution in [-0.2, 0) is 21.4 Å². The number of hydrogen-bond acceptors (Lipinski definition) is 4. The summed E-state index contributed by atoms with van der Waals surface area (Å²) < 4.78 is 8.13. The zero-order valence-electron chi connectivity index (χ0n) is 18.7. The summed E-state index contributed by atoms with van der Waals surface area (Å²) in [5.41, 5.74) is 3.13. The van der Waals surface area contributed by atoms with Crippen LogP contribution in [0.1, 0.15) is 36.6 Å². The average molecular weight is 434 g/mol. The Bertz CT molecular complexity index is 1190. The lowest BCUT2D eigenvalue weighted by Gasteiger charge is -2.07. The van der Waals surface area contributed by atoms with Gasteiger partial charge in [-0.25, -0.2) is 9.48 Å². The first-order valence-corrected chi connectivity index (χ1v) is 10.4. The smallest absolute Gasteiger partial charge is 0.331 e. The third-order valence-electron chi connectivity index (χ3n) is 5.18. The van der Waals surface area contributed by atoms with Gasteiger partial charge in [-0.2, -0.15) is 0 Å². The number of rotatable bonds is 7. The van der Waals surface area contributed by atoms with E-state index in [-0.39, 0.29) is 11.2 Å².